The van der Waals surface area contributed by atoms with Gasteiger partial charge in [-0.1, -0.05) is 13.8 Å². The van der Waals surface area contributed by atoms with Gasteiger partial charge in [0.15, 0.2) is 11.5 Å². The molecule has 2 N–H and O–H groups in total. The van der Waals surface area contributed by atoms with Gasteiger partial charge in [0.1, 0.15) is 10.6 Å². The molecule has 0 atom stereocenters. The largest absolute Gasteiger partial charge is 0.490 e. The van der Waals surface area contributed by atoms with Crippen molar-refractivity contribution in [2.45, 2.75) is 31.6 Å². The molecule has 0 aliphatic carbocycles. The zero-order valence-electron chi connectivity index (χ0n) is 17.8. The maximum absolute atomic E-state index is 12.7. The van der Waals surface area contributed by atoms with Gasteiger partial charge in [-0.15, -0.1) is 0 Å². The Kier molecular flexibility index (Phi) is 7.94. The van der Waals surface area contributed by atoms with E-state index in [1.165, 1.54) is 16.6 Å². The van der Waals surface area contributed by atoms with Crippen molar-refractivity contribution in [2.75, 3.05) is 44.8 Å². The van der Waals surface area contributed by atoms with Gasteiger partial charge in [-0.2, -0.15) is 4.31 Å². The second-order valence-corrected chi connectivity index (χ2v) is 9.02. The number of sulfonamides is 1. The van der Waals surface area contributed by atoms with Crippen LogP contribution in [0.5, 0.6) is 11.5 Å². The van der Waals surface area contributed by atoms with Crippen LogP contribution >= 0.6 is 0 Å². The van der Waals surface area contributed by atoms with Gasteiger partial charge in [-0.25, -0.2) is 8.42 Å². The fourth-order valence-electron chi connectivity index (χ4n) is 3.03. The van der Waals surface area contributed by atoms with Crippen LogP contribution in [0.4, 0.5) is 5.69 Å². The molecule has 0 bridgehead atoms. The predicted octanol–water partition coefficient (Wildman–Crippen LogP) is 2.87. The van der Waals surface area contributed by atoms with Crippen LogP contribution in [-0.4, -0.2) is 63.1 Å². The SMILES string of the molecule is CCCOc1ccc(NC(=O)c2cc(S(=O)(=O)N3CCOCC3)c[nH]2)cc1OCCC. The second kappa shape index (κ2) is 10.7. The number of morpholine rings is 1. The van der Waals surface area contributed by atoms with Crippen molar-refractivity contribution in [1.82, 2.24) is 9.29 Å². The van der Waals surface area contributed by atoms with Gasteiger partial charge in [0.25, 0.3) is 5.91 Å². The molecule has 2 heterocycles. The lowest BCUT2D eigenvalue weighted by molar-refractivity contribution is 0.0730. The van der Waals surface area contributed by atoms with Crippen molar-refractivity contribution in [3.63, 3.8) is 0 Å². The molecule has 9 nitrogen and oxygen atoms in total. The van der Waals surface area contributed by atoms with E-state index in [1.807, 2.05) is 13.8 Å². The molecular weight excluding hydrogens is 422 g/mol. The molecule has 1 aromatic carbocycles. The fourth-order valence-corrected chi connectivity index (χ4v) is 4.43. The van der Waals surface area contributed by atoms with E-state index in [0.29, 0.717) is 56.7 Å². The minimum atomic E-state index is -3.67. The zero-order valence-corrected chi connectivity index (χ0v) is 18.7. The highest BCUT2D eigenvalue weighted by Gasteiger charge is 2.28. The topological polar surface area (TPSA) is 110 Å². The number of H-pyrrole nitrogens is 1. The van der Waals surface area contributed by atoms with Crippen LogP contribution in [-0.2, 0) is 14.8 Å². The summed E-state index contributed by atoms with van der Waals surface area (Å²) in [5.41, 5.74) is 0.668. The molecule has 1 aromatic heterocycles. The second-order valence-electron chi connectivity index (χ2n) is 7.08. The van der Waals surface area contributed by atoms with Crippen molar-refractivity contribution >= 4 is 21.6 Å². The third kappa shape index (κ3) is 5.78. The molecule has 170 valence electrons. The van der Waals surface area contributed by atoms with E-state index in [9.17, 15) is 13.2 Å². The number of rotatable bonds is 10. The molecular formula is C21H29N3O6S. The maximum atomic E-state index is 12.7. The van der Waals surface area contributed by atoms with Crippen molar-refractivity contribution in [3.8, 4) is 11.5 Å². The summed E-state index contributed by atoms with van der Waals surface area (Å²) in [4.78, 5) is 15.5. The average Bonchev–Trinajstić information content (AvgIpc) is 3.29. The van der Waals surface area contributed by atoms with Crippen LogP contribution in [0.25, 0.3) is 0 Å². The van der Waals surface area contributed by atoms with Crippen LogP contribution in [0.1, 0.15) is 37.2 Å². The Balaban J connectivity index is 1.72. The number of carbonyl (C=O) groups is 1. The fraction of sp³-hybridized carbons (Fsp3) is 0.476. The van der Waals surface area contributed by atoms with Gasteiger partial charge in [0.05, 0.1) is 26.4 Å². The summed E-state index contributed by atoms with van der Waals surface area (Å²) in [7, 11) is -3.67. The molecule has 1 amide bonds. The molecule has 0 spiro atoms. The molecule has 1 saturated heterocycles. The lowest BCUT2D eigenvalue weighted by Crippen LogP contribution is -2.40. The summed E-state index contributed by atoms with van der Waals surface area (Å²) in [6, 6.07) is 6.51. The third-order valence-electron chi connectivity index (χ3n) is 4.63. The Morgan fingerprint density at radius 3 is 2.45 bits per heavy atom. The number of anilines is 1. The summed E-state index contributed by atoms with van der Waals surface area (Å²) in [5.74, 6) is 0.717. The molecule has 1 aliphatic heterocycles. The first-order valence-electron chi connectivity index (χ1n) is 10.4. The summed E-state index contributed by atoms with van der Waals surface area (Å²) >= 11 is 0. The summed E-state index contributed by atoms with van der Waals surface area (Å²) in [6.07, 6.45) is 3.04. The number of nitrogens with zero attached hydrogens (tertiary/aromatic N) is 1. The van der Waals surface area contributed by atoms with E-state index in [0.717, 1.165) is 12.8 Å². The summed E-state index contributed by atoms with van der Waals surface area (Å²) in [5, 5.41) is 2.77. The highest BCUT2D eigenvalue weighted by atomic mass is 32.2. The number of benzene rings is 1. The number of ether oxygens (including phenoxy) is 3. The van der Waals surface area contributed by atoms with Crippen LogP contribution in [0.15, 0.2) is 35.4 Å². The van der Waals surface area contributed by atoms with E-state index in [4.69, 9.17) is 14.2 Å². The molecule has 0 radical (unpaired) electrons. The first-order chi connectivity index (χ1) is 15.0. The van der Waals surface area contributed by atoms with Crippen molar-refractivity contribution < 1.29 is 27.4 Å². The van der Waals surface area contributed by atoms with Crippen molar-refractivity contribution in [2.24, 2.45) is 0 Å². The minimum absolute atomic E-state index is 0.0508. The van der Waals surface area contributed by atoms with E-state index in [1.54, 1.807) is 18.2 Å². The normalized spacial score (nSPS) is 14.9. The lowest BCUT2D eigenvalue weighted by Gasteiger charge is -2.25. The number of nitrogens with one attached hydrogen (secondary N) is 2. The molecule has 0 saturated carbocycles. The average molecular weight is 452 g/mol. The van der Waals surface area contributed by atoms with Crippen LogP contribution in [0.2, 0.25) is 0 Å². The Morgan fingerprint density at radius 2 is 1.77 bits per heavy atom. The molecule has 31 heavy (non-hydrogen) atoms. The molecule has 1 aliphatic rings. The summed E-state index contributed by atoms with van der Waals surface area (Å²) < 4.78 is 43.5. The van der Waals surface area contributed by atoms with Gasteiger partial charge in [-0.05, 0) is 31.0 Å². The Morgan fingerprint density at radius 1 is 1.10 bits per heavy atom. The number of carbonyl (C=O) groups excluding carboxylic acids is 1. The number of hydrogen-bond acceptors (Lipinski definition) is 6. The number of aromatic nitrogens is 1. The smallest absolute Gasteiger partial charge is 0.272 e. The Labute approximate surface area is 182 Å². The maximum Gasteiger partial charge on any atom is 0.272 e. The molecule has 0 unspecified atom stereocenters. The molecule has 10 heteroatoms. The van der Waals surface area contributed by atoms with Gasteiger partial charge in [0.2, 0.25) is 10.0 Å². The number of hydrogen-bond donors (Lipinski definition) is 2. The van der Waals surface area contributed by atoms with Crippen molar-refractivity contribution in [1.29, 1.82) is 0 Å². The first-order valence-corrected chi connectivity index (χ1v) is 11.9. The van der Waals surface area contributed by atoms with E-state index < -0.39 is 15.9 Å². The van der Waals surface area contributed by atoms with Crippen LogP contribution < -0.4 is 14.8 Å². The third-order valence-corrected chi connectivity index (χ3v) is 6.51. The van der Waals surface area contributed by atoms with Gasteiger partial charge in [0, 0.05) is 31.0 Å². The lowest BCUT2D eigenvalue weighted by atomic mass is 10.2. The highest BCUT2D eigenvalue weighted by Crippen LogP contribution is 2.31. The van der Waals surface area contributed by atoms with E-state index >= 15 is 0 Å². The van der Waals surface area contributed by atoms with Gasteiger partial charge >= 0.3 is 0 Å². The van der Waals surface area contributed by atoms with Crippen LogP contribution in [0, 0.1) is 0 Å². The minimum Gasteiger partial charge on any atom is -0.490 e. The zero-order chi connectivity index (χ0) is 22.3. The first kappa shape index (κ1) is 23.1. The Bertz CT molecular complexity index is 983. The molecule has 2 aromatic rings. The van der Waals surface area contributed by atoms with Crippen LogP contribution in [0.3, 0.4) is 0 Å². The van der Waals surface area contributed by atoms with Gasteiger partial charge < -0.3 is 24.5 Å². The monoisotopic (exact) mass is 451 g/mol. The summed E-state index contributed by atoms with van der Waals surface area (Å²) in [6.45, 7) is 6.42. The quantitative estimate of drug-likeness (QED) is 0.575. The Hall–Kier alpha value is -2.56. The van der Waals surface area contributed by atoms with E-state index in [-0.39, 0.29) is 10.6 Å². The van der Waals surface area contributed by atoms with E-state index in [2.05, 4.69) is 10.3 Å². The molecule has 3 rings (SSSR count). The molecule has 1 fully saturated rings. The standard InChI is InChI=1S/C21H29N3O6S/c1-3-9-29-19-6-5-16(13-20(19)30-10-4-2)23-21(25)18-14-17(15-22-18)31(26,27)24-7-11-28-12-8-24/h5-6,13-15,22H,3-4,7-12H2,1-2H3,(H,23,25). The number of amides is 1. The van der Waals surface area contributed by atoms with Gasteiger partial charge in [-0.3, -0.25) is 4.79 Å². The van der Waals surface area contributed by atoms with Crippen molar-refractivity contribution in [3.05, 3.63) is 36.2 Å². The number of aromatic amines is 1. The highest BCUT2D eigenvalue weighted by molar-refractivity contribution is 7.89. The predicted molar refractivity (Wildman–Crippen MR) is 116 cm³/mol.